The van der Waals surface area contributed by atoms with E-state index >= 15 is 0 Å². The molecule has 0 bridgehead atoms. The average Bonchev–Trinajstić information content (AvgIpc) is 2.89. The van der Waals surface area contributed by atoms with Crippen molar-refractivity contribution in [3.8, 4) is 0 Å². The van der Waals surface area contributed by atoms with Crippen LogP contribution in [0.3, 0.4) is 0 Å². The van der Waals surface area contributed by atoms with Crippen molar-refractivity contribution in [1.29, 1.82) is 0 Å². The molecule has 2 heterocycles. The summed E-state index contributed by atoms with van der Waals surface area (Å²) in [6.07, 6.45) is 1.80. The zero-order chi connectivity index (χ0) is 18.4. The second-order valence-electron chi connectivity index (χ2n) is 6.75. The second kappa shape index (κ2) is 6.33. The molecule has 0 radical (unpaired) electrons. The van der Waals surface area contributed by atoms with Gasteiger partial charge in [-0.15, -0.1) is 0 Å². The Labute approximate surface area is 148 Å². The van der Waals surface area contributed by atoms with Crippen LogP contribution in [0.25, 0.3) is 0 Å². The quantitative estimate of drug-likeness (QED) is 0.773. The molecular formula is C17H23N3O4S. The first-order valence-electron chi connectivity index (χ1n) is 8.35. The molecule has 1 fully saturated rings. The van der Waals surface area contributed by atoms with Crippen LogP contribution in [0.4, 0.5) is 5.69 Å². The van der Waals surface area contributed by atoms with Crippen LogP contribution in [0.15, 0.2) is 18.2 Å². The van der Waals surface area contributed by atoms with Crippen molar-refractivity contribution in [1.82, 2.24) is 9.80 Å². The first-order chi connectivity index (χ1) is 11.7. The number of carbonyl (C=O) groups is 2. The largest absolute Gasteiger partial charge is 0.339 e. The normalized spacial score (nSPS) is 20.6. The molecule has 25 heavy (non-hydrogen) atoms. The summed E-state index contributed by atoms with van der Waals surface area (Å²) in [6.45, 7) is 5.52. The van der Waals surface area contributed by atoms with Crippen LogP contribution in [-0.2, 0) is 21.2 Å². The number of hydrogen-bond acceptors (Lipinski definition) is 4. The Kier molecular flexibility index (Phi) is 4.49. The Hall–Kier alpha value is -2.09. The number of carbonyl (C=O) groups excluding carboxylic acids is 2. The van der Waals surface area contributed by atoms with Crippen molar-refractivity contribution >= 4 is 27.5 Å². The molecule has 0 N–H and O–H groups in total. The van der Waals surface area contributed by atoms with Gasteiger partial charge in [0.25, 0.3) is 5.91 Å². The van der Waals surface area contributed by atoms with E-state index < -0.39 is 10.0 Å². The molecule has 3 rings (SSSR count). The van der Waals surface area contributed by atoms with Crippen LogP contribution in [0, 0.1) is 0 Å². The number of hydrogen-bond donors (Lipinski definition) is 0. The highest BCUT2D eigenvalue weighted by molar-refractivity contribution is 7.92. The molecule has 0 aromatic heterocycles. The lowest BCUT2D eigenvalue weighted by molar-refractivity contribution is -0.130. The SMILES string of the molecule is CC(=O)N1CCN(C(=O)c2ccc3c(c2)C[C@@H](C)N3S(C)(=O)=O)CC1. The lowest BCUT2D eigenvalue weighted by Crippen LogP contribution is -2.50. The lowest BCUT2D eigenvalue weighted by Gasteiger charge is -2.34. The fourth-order valence-corrected chi connectivity index (χ4v) is 4.91. The van der Waals surface area contributed by atoms with E-state index in [0.29, 0.717) is 43.9 Å². The molecule has 1 aromatic rings. The molecule has 1 saturated heterocycles. The van der Waals surface area contributed by atoms with Gasteiger partial charge in [0.15, 0.2) is 0 Å². The summed E-state index contributed by atoms with van der Waals surface area (Å²) in [5.41, 5.74) is 2.11. The molecule has 1 aromatic carbocycles. The number of fused-ring (bicyclic) bond motifs is 1. The number of benzene rings is 1. The predicted octanol–water partition coefficient (Wildman–Crippen LogP) is 0.702. The highest BCUT2D eigenvalue weighted by Gasteiger charge is 2.33. The Morgan fingerprint density at radius 3 is 2.24 bits per heavy atom. The Bertz CT molecular complexity index is 813. The van der Waals surface area contributed by atoms with E-state index in [0.717, 1.165) is 5.56 Å². The monoisotopic (exact) mass is 365 g/mol. The standard InChI is InChI=1S/C17H23N3O4S/c1-12-10-15-11-14(4-5-16(15)20(12)25(3,23)24)17(22)19-8-6-18(7-9-19)13(2)21/h4-5,11-12H,6-10H2,1-3H3/t12-/m1/s1. The zero-order valence-corrected chi connectivity index (χ0v) is 15.5. The molecule has 2 aliphatic heterocycles. The van der Waals surface area contributed by atoms with Gasteiger partial charge < -0.3 is 9.80 Å². The minimum atomic E-state index is -3.33. The fourth-order valence-electron chi connectivity index (χ4n) is 3.65. The van der Waals surface area contributed by atoms with Gasteiger partial charge in [-0.2, -0.15) is 0 Å². The van der Waals surface area contributed by atoms with Crippen LogP contribution in [-0.4, -0.2) is 68.5 Å². The summed E-state index contributed by atoms with van der Waals surface area (Å²) in [7, 11) is -3.33. The minimum Gasteiger partial charge on any atom is -0.339 e. The lowest BCUT2D eigenvalue weighted by atomic mass is 10.1. The van der Waals surface area contributed by atoms with Gasteiger partial charge in [0.1, 0.15) is 0 Å². The molecule has 0 saturated carbocycles. The van der Waals surface area contributed by atoms with E-state index in [1.54, 1.807) is 28.0 Å². The molecule has 7 nitrogen and oxygen atoms in total. The average molecular weight is 365 g/mol. The Morgan fingerprint density at radius 1 is 1.08 bits per heavy atom. The van der Waals surface area contributed by atoms with Gasteiger partial charge in [-0.25, -0.2) is 8.42 Å². The smallest absolute Gasteiger partial charge is 0.253 e. The van der Waals surface area contributed by atoms with Gasteiger partial charge in [-0.1, -0.05) is 0 Å². The van der Waals surface area contributed by atoms with Crippen molar-refractivity contribution in [2.45, 2.75) is 26.3 Å². The number of nitrogens with zero attached hydrogens (tertiary/aromatic N) is 3. The molecule has 0 aliphatic carbocycles. The molecule has 2 aliphatic rings. The number of anilines is 1. The van der Waals surface area contributed by atoms with Crippen molar-refractivity contribution < 1.29 is 18.0 Å². The third-order valence-corrected chi connectivity index (χ3v) is 6.12. The van der Waals surface area contributed by atoms with Gasteiger partial charge in [0.05, 0.1) is 11.9 Å². The van der Waals surface area contributed by atoms with Gasteiger partial charge >= 0.3 is 0 Å². The summed E-state index contributed by atoms with van der Waals surface area (Å²) in [5, 5.41) is 0. The maximum absolute atomic E-state index is 12.7. The number of sulfonamides is 1. The predicted molar refractivity (Wildman–Crippen MR) is 95.1 cm³/mol. The van der Waals surface area contributed by atoms with Crippen LogP contribution in [0.1, 0.15) is 29.8 Å². The van der Waals surface area contributed by atoms with Crippen molar-refractivity contribution in [3.05, 3.63) is 29.3 Å². The number of amides is 2. The molecule has 1 atom stereocenters. The van der Waals surface area contributed by atoms with E-state index in [1.165, 1.54) is 17.5 Å². The van der Waals surface area contributed by atoms with Crippen LogP contribution in [0.5, 0.6) is 0 Å². The maximum Gasteiger partial charge on any atom is 0.253 e. The highest BCUT2D eigenvalue weighted by Crippen LogP contribution is 2.34. The number of piperazine rings is 1. The maximum atomic E-state index is 12.7. The van der Waals surface area contributed by atoms with E-state index in [1.807, 2.05) is 6.92 Å². The minimum absolute atomic E-state index is 0.0273. The molecule has 8 heteroatoms. The van der Waals surface area contributed by atoms with E-state index in [4.69, 9.17) is 0 Å². The second-order valence-corrected chi connectivity index (χ2v) is 8.61. The van der Waals surface area contributed by atoms with E-state index in [9.17, 15) is 18.0 Å². The van der Waals surface area contributed by atoms with Gasteiger partial charge in [-0.3, -0.25) is 13.9 Å². The van der Waals surface area contributed by atoms with Crippen LogP contribution in [0.2, 0.25) is 0 Å². The van der Waals surface area contributed by atoms with Crippen LogP contribution >= 0.6 is 0 Å². The van der Waals surface area contributed by atoms with Gasteiger partial charge in [0.2, 0.25) is 15.9 Å². The molecule has 0 unspecified atom stereocenters. The summed E-state index contributed by atoms with van der Waals surface area (Å²) in [6, 6.07) is 5.07. The summed E-state index contributed by atoms with van der Waals surface area (Å²) < 4.78 is 25.4. The molecule has 2 amide bonds. The first-order valence-corrected chi connectivity index (χ1v) is 10.2. The van der Waals surface area contributed by atoms with Crippen molar-refractivity contribution in [2.75, 3.05) is 36.7 Å². The Morgan fingerprint density at radius 2 is 1.68 bits per heavy atom. The van der Waals surface area contributed by atoms with Gasteiger partial charge in [0, 0.05) is 44.7 Å². The summed E-state index contributed by atoms with van der Waals surface area (Å²) in [4.78, 5) is 27.6. The van der Waals surface area contributed by atoms with Crippen LogP contribution < -0.4 is 4.31 Å². The van der Waals surface area contributed by atoms with Crippen molar-refractivity contribution in [3.63, 3.8) is 0 Å². The summed E-state index contributed by atoms with van der Waals surface area (Å²) in [5.74, 6) is -0.0454. The zero-order valence-electron chi connectivity index (χ0n) is 14.7. The third kappa shape index (κ3) is 3.35. The summed E-state index contributed by atoms with van der Waals surface area (Å²) >= 11 is 0. The highest BCUT2D eigenvalue weighted by atomic mass is 32.2. The third-order valence-electron chi connectivity index (χ3n) is 4.85. The fraction of sp³-hybridized carbons (Fsp3) is 0.529. The molecular weight excluding hydrogens is 342 g/mol. The van der Waals surface area contributed by atoms with E-state index in [2.05, 4.69) is 0 Å². The Balaban J connectivity index is 1.79. The first kappa shape index (κ1) is 17.7. The molecule has 0 spiro atoms. The van der Waals surface area contributed by atoms with E-state index in [-0.39, 0.29) is 17.9 Å². The topological polar surface area (TPSA) is 78.0 Å². The van der Waals surface area contributed by atoms with Gasteiger partial charge in [-0.05, 0) is 37.1 Å². The van der Waals surface area contributed by atoms with Crippen molar-refractivity contribution in [2.24, 2.45) is 0 Å². The molecule has 136 valence electrons. The number of rotatable bonds is 2.